The lowest BCUT2D eigenvalue weighted by Gasteiger charge is -2.19. The van der Waals surface area contributed by atoms with Crippen molar-refractivity contribution in [2.24, 2.45) is 5.92 Å². The summed E-state index contributed by atoms with van der Waals surface area (Å²) in [6, 6.07) is 21.9. The molecule has 0 bridgehead atoms. The quantitative estimate of drug-likeness (QED) is 0.307. The SMILES string of the molecule is CCOc1ccc(N2C[C@@H](C(=O)NNc3cccc(OC)c3OCC(=O)NCc3ccccc3)CC2=O)cc1. The lowest BCUT2D eigenvalue weighted by atomic mass is 10.1. The van der Waals surface area contributed by atoms with Gasteiger partial charge in [-0.1, -0.05) is 36.4 Å². The molecule has 1 aliphatic heterocycles. The molecular formula is C29H32N4O6. The van der Waals surface area contributed by atoms with Crippen LogP contribution in [0.4, 0.5) is 11.4 Å². The van der Waals surface area contributed by atoms with Gasteiger partial charge in [0.1, 0.15) is 5.75 Å². The molecule has 0 unspecified atom stereocenters. The molecule has 0 aliphatic carbocycles. The molecule has 1 saturated heterocycles. The Morgan fingerprint density at radius 1 is 0.974 bits per heavy atom. The van der Waals surface area contributed by atoms with Crippen LogP contribution in [0.2, 0.25) is 0 Å². The standard InChI is InChI=1S/C29H32N4O6/c1-3-38-23-14-12-22(13-15-23)33-18-21(16-27(33)35)29(36)32-31-24-10-7-11-25(37-2)28(24)39-19-26(34)30-17-20-8-5-4-6-9-20/h4-15,21,31H,3,16-19H2,1-2H3,(H,30,34)(H,32,36)/t21-/m0/s1. The molecule has 4 rings (SSSR count). The van der Waals surface area contributed by atoms with E-state index in [1.807, 2.05) is 37.3 Å². The van der Waals surface area contributed by atoms with Crippen molar-refractivity contribution in [3.05, 3.63) is 78.4 Å². The van der Waals surface area contributed by atoms with E-state index in [-0.39, 0.29) is 43.0 Å². The van der Waals surface area contributed by atoms with Crippen molar-refractivity contribution in [1.29, 1.82) is 0 Å². The summed E-state index contributed by atoms with van der Waals surface area (Å²) >= 11 is 0. The van der Waals surface area contributed by atoms with Crippen LogP contribution in [0.5, 0.6) is 17.2 Å². The first-order valence-electron chi connectivity index (χ1n) is 12.7. The molecule has 0 spiro atoms. The Morgan fingerprint density at radius 3 is 2.46 bits per heavy atom. The zero-order chi connectivity index (χ0) is 27.6. The van der Waals surface area contributed by atoms with Gasteiger partial charge in [-0.15, -0.1) is 0 Å². The van der Waals surface area contributed by atoms with Crippen LogP contribution < -0.4 is 35.3 Å². The molecule has 3 N–H and O–H groups in total. The lowest BCUT2D eigenvalue weighted by Crippen LogP contribution is -2.36. The van der Waals surface area contributed by atoms with E-state index >= 15 is 0 Å². The van der Waals surface area contributed by atoms with E-state index in [4.69, 9.17) is 14.2 Å². The molecule has 39 heavy (non-hydrogen) atoms. The number of carbonyl (C=O) groups is 3. The fraction of sp³-hybridized carbons (Fsp3) is 0.276. The van der Waals surface area contributed by atoms with Crippen LogP contribution in [0.3, 0.4) is 0 Å². The zero-order valence-corrected chi connectivity index (χ0v) is 21.9. The van der Waals surface area contributed by atoms with Gasteiger partial charge in [-0.25, -0.2) is 0 Å². The molecule has 0 radical (unpaired) electrons. The second-order valence-electron chi connectivity index (χ2n) is 8.83. The van der Waals surface area contributed by atoms with Crippen LogP contribution in [0.1, 0.15) is 18.9 Å². The number of nitrogens with zero attached hydrogens (tertiary/aromatic N) is 1. The van der Waals surface area contributed by atoms with Gasteiger partial charge in [-0.3, -0.25) is 25.2 Å². The maximum atomic E-state index is 12.9. The van der Waals surface area contributed by atoms with Crippen molar-refractivity contribution in [3.8, 4) is 17.2 Å². The van der Waals surface area contributed by atoms with Crippen molar-refractivity contribution in [1.82, 2.24) is 10.7 Å². The van der Waals surface area contributed by atoms with Crippen molar-refractivity contribution in [2.75, 3.05) is 37.2 Å². The molecule has 1 fully saturated rings. The van der Waals surface area contributed by atoms with Crippen LogP contribution in [-0.4, -0.2) is 44.6 Å². The molecule has 1 atom stereocenters. The summed E-state index contributed by atoms with van der Waals surface area (Å²) in [4.78, 5) is 39.5. The first-order chi connectivity index (χ1) is 19.0. The largest absolute Gasteiger partial charge is 0.494 e. The highest BCUT2D eigenvalue weighted by molar-refractivity contribution is 6.00. The minimum absolute atomic E-state index is 0.0871. The summed E-state index contributed by atoms with van der Waals surface area (Å²) < 4.78 is 16.6. The maximum Gasteiger partial charge on any atom is 0.258 e. The summed E-state index contributed by atoms with van der Waals surface area (Å²) in [6.07, 6.45) is 0.0871. The number of hydrazine groups is 1. The van der Waals surface area contributed by atoms with Gasteiger partial charge in [-0.05, 0) is 48.9 Å². The van der Waals surface area contributed by atoms with E-state index in [0.29, 0.717) is 30.3 Å². The molecule has 10 nitrogen and oxygen atoms in total. The minimum atomic E-state index is -0.546. The number of carbonyl (C=O) groups excluding carboxylic acids is 3. The second-order valence-corrected chi connectivity index (χ2v) is 8.83. The molecule has 10 heteroatoms. The van der Waals surface area contributed by atoms with Gasteiger partial charge in [-0.2, -0.15) is 0 Å². The Labute approximate surface area is 227 Å². The highest BCUT2D eigenvalue weighted by atomic mass is 16.5. The molecule has 204 valence electrons. The Kier molecular flexibility index (Phi) is 9.23. The average molecular weight is 533 g/mol. The molecular weight excluding hydrogens is 500 g/mol. The Morgan fingerprint density at radius 2 is 1.74 bits per heavy atom. The van der Waals surface area contributed by atoms with Gasteiger partial charge in [0.15, 0.2) is 18.1 Å². The molecule has 1 aliphatic rings. The fourth-order valence-corrected chi connectivity index (χ4v) is 4.16. The number of benzene rings is 3. The molecule has 0 aromatic heterocycles. The van der Waals surface area contributed by atoms with Crippen molar-refractivity contribution in [3.63, 3.8) is 0 Å². The molecule has 3 aromatic carbocycles. The highest BCUT2D eigenvalue weighted by Gasteiger charge is 2.35. The fourth-order valence-electron chi connectivity index (χ4n) is 4.16. The molecule has 3 aromatic rings. The number of ether oxygens (including phenoxy) is 3. The summed E-state index contributed by atoms with van der Waals surface area (Å²) in [5, 5.41) is 2.81. The van der Waals surface area contributed by atoms with E-state index in [1.165, 1.54) is 7.11 Å². The number of hydrogen-bond acceptors (Lipinski definition) is 7. The highest BCUT2D eigenvalue weighted by Crippen LogP contribution is 2.35. The van der Waals surface area contributed by atoms with Gasteiger partial charge < -0.3 is 24.4 Å². The minimum Gasteiger partial charge on any atom is -0.494 e. The number of para-hydroxylation sites is 1. The normalized spacial score (nSPS) is 14.5. The van der Waals surface area contributed by atoms with E-state index in [9.17, 15) is 14.4 Å². The van der Waals surface area contributed by atoms with Crippen LogP contribution in [0.15, 0.2) is 72.8 Å². The monoisotopic (exact) mass is 532 g/mol. The smallest absolute Gasteiger partial charge is 0.258 e. The van der Waals surface area contributed by atoms with E-state index in [1.54, 1.807) is 47.4 Å². The third kappa shape index (κ3) is 7.19. The Bertz CT molecular complexity index is 1280. The number of methoxy groups -OCH3 is 1. The Hall–Kier alpha value is -4.73. The van der Waals surface area contributed by atoms with Crippen molar-refractivity contribution in [2.45, 2.75) is 19.9 Å². The van der Waals surface area contributed by atoms with Gasteiger partial charge in [0, 0.05) is 25.2 Å². The summed E-state index contributed by atoms with van der Waals surface area (Å²) in [5.74, 6) is 0.0548. The average Bonchev–Trinajstić information content (AvgIpc) is 3.36. The van der Waals surface area contributed by atoms with Gasteiger partial charge in [0.2, 0.25) is 11.8 Å². The van der Waals surface area contributed by atoms with Gasteiger partial charge >= 0.3 is 0 Å². The number of rotatable bonds is 12. The zero-order valence-electron chi connectivity index (χ0n) is 21.9. The first kappa shape index (κ1) is 27.3. The van der Waals surface area contributed by atoms with Gasteiger partial charge in [0.25, 0.3) is 5.91 Å². The predicted molar refractivity (Wildman–Crippen MR) is 147 cm³/mol. The summed E-state index contributed by atoms with van der Waals surface area (Å²) in [7, 11) is 1.49. The third-order valence-electron chi connectivity index (χ3n) is 6.15. The van der Waals surface area contributed by atoms with Crippen LogP contribution in [0.25, 0.3) is 0 Å². The van der Waals surface area contributed by atoms with Crippen LogP contribution in [-0.2, 0) is 20.9 Å². The van der Waals surface area contributed by atoms with E-state index < -0.39 is 5.92 Å². The van der Waals surface area contributed by atoms with Crippen LogP contribution >= 0.6 is 0 Å². The van der Waals surface area contributed by atoms with E-state index in [0.717, 1.165) is 11.3 Å². The maximum absolute atomic E-state index is 12.9. The van der Waals surface area contributed by atoms with Crippen molar-refractivity contribution >= 4 is 29.1 Å². The van der Waals surface area contributed by atoms with Gasteiger partial charge in [0.05, 0.1) is 25.3 Å². The van der Waals surface area contributed by atoms with Crippen molar-refractivity contribution < 1.29 is 28.6 Å². The molecule has 0 saturated carbocycles. The number of hydrogen-bond donors (Lipinski definition) is 3. The lowest BCUT2D eigenvalue weighted by molar-refractivity contribution is -0.126. The molecule has 1 heterocycles. The number of amides is 3. The topological polar surface area (TPSA) is 118 Å². The van der Waals surface area contributed by atoms with Crippen LogP contribution in [0, 0.1) is 5.92 Å². The summed E-state index contributed by atoms with van der Waals surface area (Å²) in [6.45, 7) is 2.84. The predicted octanol–water partition coefficient (Wildman–Crippen LogP) is 3.29. The first-order valence-corrected chi connectivity index (χ1v) is 12.7. The number of anilines is 2. The Balaban J connectivity index is 1.33. The molecule has 3 amide bonds. The summed E-state index contributed by atoms with van der Waals surface area (Å²) in [5.41, 5.74) is 7.61. The van der Waals surface area contributed by atoms with E-state index in [2.05, 4.69) is 16.2 Å². The number of nitrogens with one attached hydrogen (secondary N) is 3. The second kappa shape index (κ2) is 13.2. The third-order valence-corrected chi connectivity index (χ3v) is 6.15.